The van der Waals surface area contributed by atoms with Gasteiger partial charge in [0.25, 0.3) is 0 Å². The first-order valence-electron chi connectivity index (χ1n) is 6.68. The number of hydrogen-bond donors (Lipinski definition) is 2. The highest BCUT2D eigenvalue weighted by molar-refractivity contribution is 5.89. The minimum Gasteiger partial charge on any atom is -0.480 e. The second kappa shape index (κ2) is 5.48. The molecule has 20 heavy (non-hydrogen) atoms. The van der Waals surface area contributed by atoms with E-state index in [2.05, 4.69) is 10.3 Å². The van der Waals surface area contributed by atoms with Crippen LogP contribution in [0.25, 0.3) is 0 Å². The van der Waals surface area contributed by atoms with Gasteiger partial charge in [-0.1, -0.05) is 13.0 Å². The van der Waals surface area contributed by atoms with Gasteiger partial charge in [0.05, 0.1) is 6.04 Å². The molecule has 6 heteroatoms. The van der Waals surface area contributed by atoms with Crippen LogP contribution in [0.1, 0.15) is 37.8 Å². The molecule has 0 radical (unpaired) electrons. The van der Waals surface area contributed by atoms with Gasteiger partial charge in [0.2, 0.25) is 0 Å². The van der Waals surface area contributed by atoms with Crippen LogP contribution >= 0.6 is 0 Å². The molecule has 2 amide bonds. The van der Waals surface area contributed by atoms with Crippen LogP contribution in [-0.4, -0.2) is 39.6 Å². The smallest absolute Gasteiger partial charge is 0.329 e. The number of aromatic nitrogens is 1. The molecule has 108 valence electrons. The van der Waals surface area contributed by atoms with Gasteiger partial charge in [-0.15, -0.1) is 0 Å². The summed E-state index contributed by atoms with van der Waals surface area (Å²) >= 11 is 0. The summed E-state index contributed by atoms with van der Waals surface area (Å²) in [7, 11) is 1.68. The summed E-state index contributed by atoms with van der Waals surface area (Å²) < 4.78 is 0. The number of nitrogens with one attached hydrogen (secondary N) is 1. The van der Waals surface area contributed by atoms with E-state index in [4.69, 9.17) is 5.11 Å². The Bertz CT molecular complexity index is 500. The van der Waals surface area contributed by atoms with E-state index in [-0.39, 0.29) is 12.1 Å². The van der Waals surface area contributed by atoms with Gasteiger partial charge in [0, 0.05) is 19.4 Å². The molecular weight excluding hydrogens is 258 g/mol. The molecule has 1 atom stereocenters. The molecule has 1 heterocycles. The number of aliphatic carboxylic acids is 1. The van der Waals surface area contributed by atoms with Crippen molar-refractivity contribution in [2.75, 3.05) is 7.05 Å². The Morgan fingerprint density at radius 3 is 2.70 bits per heavy atom. The first kappa shape index (κ1) is 14.3. The molecule has 0 bridgehead atoms. The molecule has 6 nitrogen and oxygen atoms in total. The predicted octanol–water partition coefficient (Wildman–Crippen LogP) is 1.79. The third-order valence-electron chi connectivity index (χ3n) is 3.75. The summed E-state index contributed by atoms with van der Waals surface area (Å²) in [5.74, 6) is -0.964. The molecule has 2 rings (SSSR count). The van der Waals surface area contributed by atoms with Crippen molar-refractivity contribution >= 4 is 12.0 Å². The van der Waals surface area contributed by atoms with Gasteiger partial charge in [-0.25, -0.2) is 9.59 Å². The Labute approximate surface area is 117 Å². The first-order chi connectivity index (χ1) is 9.50. The highest BCUT2D eigenvalue weighted by atomic mass is 16.4. The zero-order chi connectivity index (χ0) is 14.8. The quantitative estimate of drug-likeness (QED) is 0.859. The van der Waals surface area contributed by atoms with Crippen molar-refractivity contribution < 1.29 is 14.7 Å². The van der Waals surface area contributed by atoms with Crippen LogP contribution < -0.4 is 5.32 Å². The van der Waals surface area contributed by atoms with Crippen molar-refractivity contribution in [3.05, 3.63) is 30.1 Å². The monoisotopic (exact) mass is 277 g/mol. The van der Waals surface area contributed by atoms with E-state index in [0.717, 1.165) is 12.0 Å². The van der Waals surface area contributed by atoms with Crippen LogP contribution in [0.5, 0.6) is 0 Å². The molecule has 1 aliphatic carbocycles. The van der Waals surface area contributed by atoms with Gasteiger partial charge < -0.3 is 15.3 Å². The van der Waals surface area contributed by atoms with E-state index in [1.807, 2.05) is 19.1 Å². The van der Waals surface area contributed by atoms with E-state index in [1.165, 1.54) is 0 Å². The van der Waals surface area contributed by atoms with Crippen molar-refractivity contribution in [3.8, 4) is 0 Å². The molecule has 1 aromatic rings. The SMILES string of the molecule is CC[C@H](c1cccnc1)N(C)C(=O)NC1(C(=O)O)CC1. The minimum absolute atomic E-state index is 0.117. The lowest BCUT2D eigenvalue weighted by molar-refractivity contribution is -0.140. The molecule has 1 saturated carbocycles. The number of carboxylic acid groups (broad SMARTS) is 1. The molecule has 1 aliphatic rings. The summed E-state index contributed by atoms with van der Waals surface area (Å²) in [5.41, 5.74) is -0.119. The van der Waals surface area contributed by atoms with Crippen LogP contribution in [0, 0.1) is 0 Å². The van der Waals surface area contributed by atoms with Crippen molar-refractivity contribution in [1.29, 1.82) is 0 Å². The Kier molecular flexibility index (Phi) is 3.92. The number of carbonyl (C=O) groups is 2. The number of pyridine rings is 1. The van der Waals surface area contributed by atoms with Gasteiger partial charge in [0.1, 0.15) is 5.54 Å². The Morgan fingerprint density at radius 2 is 2.25 bits per heavy atom. The zero-order valence-corrected chi connectivity index (χ0v) is 11.7. The standard InChI is InChI=1S/C14H19N3O3/c1-3-11(10-5-4-8-15-9-10)17(2)13(20)16-14(6-7-14)12(18)19/h4-5,8-9,11H,3,6-7H2,1-2H3,(H,16,20)(H,18,19)/t11-/m1/s1. The summed E-state index contributed by atoms with van der Waals surface area (Å²) in [6, 6.07) is 3.26. The van der Waals surface area contributed by atoms with Gasteiger partial charge in [-0.3, -0.25) is 4.98 Å². The van der Waals surface area contributed by atoms with Gasteiger partial charge >= 0.3 is 12.0 Å². The van der Waals surface area contributed by atoms with Crippen LogP contribution in [0.3, 0.4) is 0 Å². The third kappa shape index (κ3) is 2.74. The van der Waals surface area contributed by atoms with Crippen LogP contribution in [-0.2, 0) is 4.79 Å². The number of rotatable bonds is 5. The maximum atomic E-state index is 12.2. The predicted molar refractivity (Wildman–Crippen MR) is 73.2 cm³/mol. The topological polar surface area (TPSA) is 82.5 Å². The molecule has 0 spiro atoms. The zero-order valence-electron chi connectivity index (χ0n) is 11.7. The molecule has 2 N–H and O–H groups in total. The Balaban J connectivity index is 2.07. The van der Waals surface area contributed by atoms with E-state index in [0.29, 0.717) is 12.8 Å². The lowest BCUT2D eigenvalue weighted by Crippen LogP contribution is -2.49. The van der Waals surface area contributed by atoms with Crippen molar-refractivity contribution in [2.45, 2.75) is 37.8 Å². The van der Waals surface area contributed by atoms with Crippen molar-refractivity contribution in [2.24, 2.45) is 0 Å². The largest absolute Gasteiger partial charge is 0.480 e. The molecule has 1 aromatic heterocycles. The number of nitrogens with zero attached hydrogens (tertiary/aromatic N) is 2. The number of carboxylic acids is 1. The fourth-order valence-electron chi connectivity index (χ4n) is 2.26. The molecule has 0 saturated heterocycles. The number of hydrogen-bond acceptors (Lipinski definition) is 3. The van der Waals surface area contributed by atoms with Crippen molar-refractivity contribution in [3.63, 3.8) is 0 Å². The van der Waals surface area contributed by atoms with E-state index < -0.39 is 11.5 Å². The highest BCUT2D eigenvalue weighted by Crippen LogP contribution is 2.36. The number of carbonyl (C=O) groups excluding carboxylic acids is 1. The summed E-state index contributed by atoms with van der Waals surface area (Å²) in [6.07, 6.45) is 5.12. The summed E-state index contributed by atoms with van der Waals surface area (Å²) in [6.45, 7) is 1.98. The second-order valence-corrected chi connectivity index (χ2v) is 5.14. The van der Waals surface area contributed by atoms with E-state index in [9.17, 15) is 9.59 Å². The van der Waals surface area contributed by atoms with Crippen molar-refractivity contribution in [1.82, 2.24) is 15.2 Å². The number of urea groups is 1. The van der Waals surface area contributed by atoms with Gasteiger partial charge in [-0.05, 0) is 30.9 Å². The van der Waals surface area contributed by atoms with E-state index >= 15 is 0 Å². The average molecular weight is 277 g/mol. The van der Waals surface area contributed by atoms with Crippen LogP contribution in [0.4, 0.5) is 4.79 Å². The summed E-state index contributed by atoms with van der Waals surface area (Å²) in [4.78, 5) is 28.9. The summed E-state index contributed by atoms with van der Waals surface area (Å²) in [5, 5.41) is 11.7. The fraction of sp³-hybridized carbons (Fsp3) is 0.500. The molecule has 0 unspecified atom stereocenters. The maximum Gasteiger partial charge on any atom is 0.329 e. The third-order valence-corrected chi connectivity index (χ3v) is 3.75. The molecule has 0 aromatic carbocycles. The Hall–Kier alpha value is -2.11. The number of amides is 2. The van der Waals surface area contributed by atoms with Gasteiger partial charge in [-0.2, -0.15) is 0 Å². The second-order valence-electron chi connectivity index (χ2n) is 5.14. The normalized spacial score (nSPS) is 17.1. The van der Waals surface area contributed by atoms with E-state index in [1.54, 1.807) is 24.3 Å². The van der Waals surface area contributed by atoms with Crippen LogP contribution in [0.15, 0.2) is 24.5 Å². The fourth-order valence-corrected chi connectivity index (χ4v) is 2.26. The minimum atomic E-state index is -1.06. The average Bonchev–Trinajstić information content (AvgIpc) is 3.21. The molecular formula is C14H19N3O3. The van der Waals surface area contributed by atoms with Gasteiger partial charge in [0.15, 0.2) is 0 Å². The van der Waals surface area contributed by atoms with Crippen LogP contribution in [0.2, 0.25) is 0 Å². The highest BCUT2D eigenvalue weighted by Gasteiger charge is 2.52. The first-order valence-corrected chi connectivity index (χ1v) is 6.68. The Morgan fingerprint density at radius 1 is 1.55 bits per heavy atom. The lowest BCUT2D eigenvalue weighted by atomic mass is 10.1. The molecule has 0 aliphatic heterocycles. The maximum absolute atomic E-state index is 12.2. The molecule has 1 fully saturated rings. The lowest BCUT2D eigenvalue weighted by Gasteiger charge is -2.29.